The van der Waals surface area contributed by atoms with Crippen molar-refractivity contribution in [3.63, 3.8) is 0 Å². The lowest BCUT2D eigenvalue weighted by Crippen LogP contribution is -2.31. The van der Waals surface area contributed by atoms with E-state index < -0.39 is 0 Å². The van der Waals surface area contributed by atoms with E-state index in [9.17, 15) is 0 Å². The fraction of sp³-hybridized carbons (Fsp3) is 0.0577. The van der Waals surface area contributed by atoms with Gasteiger partial charge in [0.25, 0.3) is 0 Å². The Morgan fingerprint density at radius 3 is 1.47 bits per heavy atom. The van der Waals surface area contributed by atoms with Crippen LogP contribution in [0.2, 0.25) is 0 Å². The first-order valence-corrected chi connectivity index (χ1v) is 20.3. The van der Waals surface area contributed by atoms with Gasteiger partial charge in [0.15, 0.2) is 11.6 Å². The maximum Gasteiger partial charge on any atom is 0.238 e. The van der Waals surface area contributed by atoms with E-state index in [4.69, 9.17) is 15.0 Å². The molecule has 0 saturated carbocycles. The van der Waals surface area contributed by atoms with E-state index in [0.717, 1.165) is 22.5 Å². The molecule has 12 rings (SSSR count). The molecule has 57 heavy (non-hydrogen) atoms. The molecule has 9 aromatic carbocycles. The Morgan fingerprint density at radius 2 is 0.860 bits per heavy atom. The molecule has 2 aromatic heterocycles. The molecule has 0 radical (unpaired) electrons. The smallest absolute Gasteiger partial charge is 0.238 e. The second-order valence-corrected chi connectivity index (χ2v) is 16.7. The molecule has 1 aliphatic rings. The number of anilines is 3. The van der Waals surface area contributed by atoms with Crippen molar-refractivity contribution in [2.24, 2.45) is 0 Å². The van der Waals surface area contributed by atoms with Crippen LogP contribution in [0.4, 0.5) is 17.3 Å². The molecule has 11 aromatic rings. The maximum atomic E-state index is 5.30. The number of hydrogen-bond acceptors (Lipinski definition) is 5. The van der Waals surface area contributed by atoms with Crippen molar-refractivity contribution in [2.45, 2.75) is 19.3 Å². The number of nitrogens with zero attached hydrogens (tertiary/aromatic N) is 4. The Labute approximate surface area is 333 Å². The lowest BCUT2D eigenvalue weighted by molar-refractivity contribution is 0.633. The highest BCUT2D eigenvalue weighted by Crippen LogP contribution is 2.55. The fourth-order valence-electron chi connectivity index (χ4n) is 9.20. The molecule has 0 fully saturated rings. The molecule has 0 amide bonds. The van der Waals surface area contributed by atoms with Crippen LogP contribution in [0.3, 0.4) is 0 Å². The highest BCUT2D eigenvalue weighted by atomic mass is 32.1. The van der Waals surface area contributed by atoms with E-state index in [1.165, 1.54) is 74.4 Å². The highest BCUT2D eigenvalue weighted by Gasteiger charge is 2.39. The Morgan fingerprint density at radius 1 is 0.404 bits per heavy atom. The lowest BCUT2D eigenvalue weighted by atomic mass is 9.72. The van der Waals surface area contributed by atoms with Crippen LogP contribution in [0.5, 0.6) is 0 Å². The first-order chi connectivity index (χ1) is 28.0. The third-order valence-corrected chi connectivity index (χ3v) is 13.1. The summed E-state index contributed by atoms with van der Waals surface area (Å²) in [6.45, 7) is 4.73. The minimum absolute atomic E-state index is 0.328. The van der Waals surface area contributed by atoms with E-state index in [0.29, 0.717) is 17.6 Å². The van der Waals surface area contributed by atoms with Crippen LogP contribution in [0.1, 0.15) is 25.0 Å². The van der Waals surface area contributed by atoms with Crippen molar-refractivity contribution in [3.05, 3.63) is 181 Å². The van der Waals surface area contributed by atoms with Gasteiger partial charge >= 0.3 is 0 Å². The van der Waals surface area contributed by atoms with Crippen LogP contribution in [0.25, 0.3) is 86.0 Å². The third kappa shape index (κ3) is 4.82. The molecule has 268 valence electrons. The molecule has 3 heterocycles. The summed E-state index contributed by atoms with van der Waals surface area (Å²) in [6, 6.07) is 61.2. The molecule has 0 N–H and O–H groups in total. The highest BCUT2D eigenvalue weighted by molar-refractivity contribution is 7.26. The van der Waals surface area contributed by atoms with Gasteiger partial charge in [0.2, 0.25) is 5.95 Å². The van der Waals surface area contributed by atoms with E-state index in [1.807, 2.05) is 47.7 Å². The van der Waals surface area contributed by atoms with Crippen LogP contribution in [-0.2, 0) is 5.41 Å². The molecule has 0 atom stereocenters. The molecular weight excluding hydrogens is 713 g/mol. The normalized spacial score (nSPS) is 13.5. The molecule has 0 aliphatic carbocycles. The minimum atomic E-state index is -0.328. The summed E-state index contributed by atoms with van der Waals surface area (Å²) in [5, 5.41) is 12.7. The van der Waals surface area contributed by atoms with E-state index in [2.05, 4.69) is 152 Å². The summed E-state index contributed by atoms with van der Waals surface area (Å²) in [4.78, 5) is 18.0. The van der Waals surface area contributed by atoms with E-state index in [1.54, 1.807) is 0 Å². The number of fused-ring (bicyclic) bond motifs is 12. The fourth-order valence-corrected chi connectivity index (χ4v) is 10.3. The summed E-state index contributed by atoms with van der Waals surface area (Å²) in [6.07, 6.45) is 0. The number of benzene rings is 9. The number of hydrogen-bond donors (Lipinski definition) is 0. The zero-order valence-corrected chi connectivity index (χ0v) is 32.2. The second kappa shape index (κ2) is 12.0. The standard InChI is InChI=1S/C52H34N4S/c1-52(2)43-25-33-19-9-10-20-34(33)26-45(43)56(51-54-49(31-15-5-3-6-16-31)53-50(55-51)32-17-7-4-8-18-32)46-30-48-42(28-44(46)52)41-27-39-37-23-13-11-21-35(37)36-22-12-14-24-38(36)40(39)29-47(41)57-48/h3-30H,1-2H3. The van der Waals surface area contributed by atoms with Crippen molar-refractivity contribution < 1.29 is 0 Å². The van der Waals surface area contributed by atoms with Crippen LogP contribution in [0.15, 0.2) is 170 Å². The maximum absolute atomic E-state index is 5.30. The Balaban J connectivity index is 1.17. The topological polar surface area (TPSA) is 41.9 Å². The second-order valence-electron chi connectivity index (χ2n) is 15.6. The van der Waals surface area contributed by atoms with Crippen molar-refractivity contribution in [2.75, 3.05) is 4.90 Å². The summed E-state index contributed by atoms with van der Waals surface area (Å²) < 4.78 is 2.52. The van der Waals surface area contributed by atoms with Gasteiger partial charge in [-0.1, -0.05) is 147 Å². The third-order valence-electron chi connectivity index (χ3n) is 12.0. The Kier molecular flexibility index (Phi) is 6.82. The van der Waals surface area contributed by atoms with Crippen molar-refractivity contribution in [1.29, 1.82) is 0 Å². The average Bonchev–Trinajstić information content (AvgIpc) is 3.62. The number of rotatable bonds is 3. The summed E-state index contributed by atoms with van der Waals surface area (Å²) in [5.41, 5.74) is 6.21. The molecule has 0 saturated heterocycles. The van der Waals surface area contributed by atoms with Gasteiger partial charge in [-0.15, -0.1) is 11.3 Å². The van der Waals surface area contributed by atoms with Crippen molar-refractivity contribution in [3.8, 4) is 22.8 Å². The zero-order chi connectivity index (χ0) is 37.8. The number of aromatic nitrogens is 3. The first kappa shape index (κ1) is 32.3. The molecule has 5 heteroatoms. The summed E-state index contributed by atoms with van der Waals surface area (Å²) in [5.74, 6) is 1.88. The van der Waals surface area contributed by atoms with E-state index >= 15 is 0 Å². The van der Waals surface area contributed by atoms with Gasteiger partial charge in [-0.3, -0.25) is 4.90 Å². The Bertz CT molecular complexity index is 3390. The van der Waals surface area contributed by atoms with Gasteiger partial charge in [-0.25, -0.2) is 4.98 Å². The predicted octanol–water partition coefficient (Wildman–Crippen LogP) is 14.3. The van der Waals surface area contributed by atoms with Gasteiger partial charge in [0, 0.05) is 36.7 Å². The summed E-state index contributed by atoms with van der Waals surface area (Å²) >= 11 is 1.86. The van der Waals surface area contributed by atoms with Crippen LogP contribution >= 0.6 is 11.3 Å². The molecule has 0 bridgehead atoms. The van der Waals surface area contributed by atoms with Gasteiger partial charge in [0.05, 0.1) is 11.4 Å². The van der Waals surface area contributed by atoms with Crippen LogP contribution < -0.4 is 4.90 Å². The van der Waals surface area contributed by atoms with Crippen LogP contribution in [0, 0.1) is 0 Å². The monoisotopic (exact) mass is 746 g/mol. The van der Waals surface area contributed by atoms with Gasteiger partial charge < -0.3 is 0 Å². The summed E-state index contributed by atoms with van der Waals surface area (Å²) in [7, 11) is 0. The SMILES string of the molecule is CC1(C)c2cc3ccccc3cc2N(c2nc(-c3ccccc3)nc(-c3ccccc3)n2)c2cc3sc4cc5c6ccccc6c6ccccc6c5cc4c3cc21. The molecule has 0 unspecified atom stereocenters. The quantitative estimate of drug-likeness (QED) is 0.169. The Hall–Kier alpha value is -6.95. The lowest BCUT2D eigenvalue weighted by Gasteiger charge is -2.41. The molecule has 0 spiro atoms. The average molecular weight is 747 g/mol. The van der Waals surface area contributed by atoms with Gasteiger partial charge in [-0.2, -0.15) is 9.97 Å². The molecular formula is C52H34N4S. The van der Waals surface area contributed by atoms with Gasteiger partial charge in [0.1, 0.15) is 0 Å². The first-order valence-electron chi connectivity index (χ1n) is 19.4. The van der Waals surface area contributed by atoms with Crippen LogP contribution in [-0.4, -0.2) is 15.0 Å². The predicted molar refractivity (Wildman–Crippen MR) is 240 cm³/mol. The van der Waals surface area contributed by atoms with Crippen molar-refractivity contribution in [1.82, 2.24) is 15.0 Å². The molecule has 4 nitrogen and oxygen atoms in total. The minimum Gasteiger partial charge on any atom is -0.278 e. The molecule has 1 aliphatic heterocycles. The zero-order valence-electron chi connectivity index (χ0n) is 31.4. The number of thiophene rings is 1. The van der Waals surface area contributed by atoms with Crippen molar-refractivity contribution >= 4 is 91.9 Å². The van der Waals surface area contributed by atoms with E-state index in [-0.39, 0.29) is 5.41 Å². The van der Waals surface area contributed by atoms with Gasteiger partial charge in [-0.05, 0) is 90.6 Å². The largest absolute Gasteiger partial charge is 0.278 e.